The van der Waals surface area contributed by atoms with Crippen molar-refractivity contribution in [2.75, 3.05) is 20.2 Å². The number of hydrogen-bond donors (Lipinski definition) is 1. The maximum Gasteiger partial charge on any atom is 0.119 e. The van der Waals surface area contributed by atoms with Gasteiger partial charge in [-0.25, -0.2) is 0 Å². The molecule has 1 aliphatic heterocycles. The Labute approximate surface area is 123 Å². The van der Waals surface area contributed by atoms with Gasteiger partial charge in [0.1, 0.15) is 5.75 Å². The summed E-state index contributed by atoms with van der Waals surface area (Å²) in [5.74, 6) is 1.62. The van der Waals surface area contributed by atoms with Crippen LogP contribution in [0.1, 0.15) is 32.8 Å². The lowest BCUT2D eigenvalue weighted by atomic mass is 10.0. The Bertz CT molecular complexity index is 419. The Morgan fingerprint density at radius 3 is 2.90 bits per heavy atom. The summed E-state index contributed by atoms with van der Waals surface area (Å²) in [4.78, 5) is 2.60. The van der Waals surface area contributed by atoms with Crippen LogP contribution in [-0.2, 0) is 6.54 Å². The number of benzene rings is 1. The molecule has 0 spiro atoms. The Morgan fingerprint density at radius 2 is 2.20 bits per heavy atom. The molecule has 0 amide bonds. The van der Waals surface area contributed by atoms with Crippen molar-refractivity contribution in [3.05, 3.63) is 29.8 Å². The van der Waals surface area contributed by atoms with Gasteiger partial charge >= 0.3 is 0 Å². The van der Waals surface area contributed by atoms with Crippen molar-refractivity contribution in [3.8, 4) is 5.75 Å². The van der Waals surface area contributed by atoms with E-state index in [0.29, 0.717) is 18.0 Å². The van der Waals surface area contributed by atoms with Crippen LogP contribution in [0.2, 0.25) is 0 Å². The first kappa shape index (κ1) is 15.3. The van der Waals surface area contributed by atoms with E-state index in [0.717, 1.165) is 25.4 Å². The van der Waals surface area contributed by atoms with Gasteiger partial charge in [0.15, 0.2) is 0 Å². The number of nitrogens with one attached hydrogen (secondary N) is 1. The smallest absolute Gasteiger partial charge is 0.119 e. The fraction of sp³-hybridized carbons (Fsp3) is 0.647. The molecule has 1 saturated heterocycles. The predicted molar refractivity (Wildman–Crippen MR) is 84.1 cm³/mol. The predicted octanol–water partition coefficient (Wildman–Crippen LogP) is 2.90. The number of hydrogen-bond acceptors (Lipinski definition) is 3. The lowest BCUT2D eigenvalue weighted by molar-refractivity contribution is 0.184. The van der Waals surface area contributed by atoms with E-state index in [1.807, 2.05) is 6.07 Å². The van der Waals surface area contributed by atoms with Gasteiger partial charge in [0.05, 0.1) is 7.11 Å². The number of ether oxygens (including phenoxy) is 1. The van der Waals surface area contributed by atoms with Crippen LogP contribution in [0.15, 0.2) is 24.3 Å². The van der Waals surface area contributed by atoms with E-state index < -0.39 is 0 Å². The third-order valence-electron chi connectivity index (χ3n) is 4.35. The van der Waals surface area contributed by atoms with E-state index in [1.165, 1.54) is 12.0 Å². The van der Waals surface area contributed by atoms with Crippen LogP contribution in [0.25, 0.3) is 0 Å². The summed E-state index contributed by atoms with van der Waals surface area (Å²) in [6.45, 7) is 10.2. The largest absolute Gasteiger partial charge is 0.497 e. The van der Waals surface area contributed by atoms with Crippen LogP contribution in [0.4, 0.5) is 0 Å². The van der Waals surface area contributed by atoms with E-state index >= 15 is 0 Å². The van der Waals surface area contributed by atoms with Crippen molar-refractivity contribution < 1.29 is 4.74 Å². The summed E-state index contributed by atoms with van der Waals surface area (Å²) in [6.07, 6.45) is 1.22. The van der Waals surface area contributed by atoms with Crippen molar-refractivity contribution in [3.63, 3.8) is 0 Å². The maximum atomic E-state index is 5.32. The molecule has 3 heteroatoms. The molecule has 0 saturated carbocycles. The minimum absolute atomic E-state index is 0.588. The molecule has 1 aromatic rings. The molecule has 112 valence electrons. The van der Waals surface area contributed by atoms with Crippen molar-refractivity contribution in [1.82, 2.24) is 10.2 Å². The second kappa shape index (κ2) is 7.09. The molecule has 1 aliphatic rings. The van der Waals surface area contributed by atoms with Gasteiger partial charge in [-0.1, -0.05) is 26.0 Å². The Hall–Kier alpha value is -1.06. The first-order chi connectivity index (χ1) is 9.60. The fourth-order valence-electron chi connectivity index (χ4n) is 2.83. The third kappa shape index (κ3) is 3.97. The van der Waals surface area contributed by atoms with Gasteiger partial charge in [0, 0.05) is 25.2 Å². The minimum Gasteiger partial charge on any atom is -0.497 e. The molecule has 0 radical (unpaired) electrons. The molecule has 0 bridgehead atoms. The van der Waals surface area contributed by atoms with Gasteiger partial charge in [0.25, 0.3) is 0 Å². The van der Waals surface area contributed by atoms with Crippen molar-refractivity contribution in [2.45, 2.75) is 45.8 Å². The first-order valence-electron chi connectivity index (χ1n) is 7.70. The zero-order valence-electron chi connectivity index (χ0n) is 13.2. The fourth-order valence-corrected chi connectivity index (χ4v) is 2.83. The molecular formula is C17H28N2O. The molecule has 3 nitrogen and oxygen atoms in total. The highest BCUT2D eigenvalue weighted by Crippen LogP contribution is 2.19. The quantitative estimate of drug-likeness (QED) is 0.915. The summed E-state index contributed by atoms with van der Waals surface area (Å²) in [7, 11) is 1.73. The maximum absolute atomic E-state index is 5.32. The lowest BCUT2D eigenvalue weighted by Crippen LogP contribution is -2.42. The molecule has 2 atom stereocenters. The molecule has 0 aliphatic carbocycles. The van der Waals surface area contributed by atoms with Crippen LogP contribution in [0.3, 0.4) is 0 Å². The zero-order chi connectivity index (χ0) is 14.5. The number of methoxy groups -OCH3 is 1. The van der Waals surface area contributed by atoms with E-state index in [1.54, 1.807) is 7.11 Å². The molecule has 1 N–H and O–H groups in total. The lowest BCUT2D eigenvalue weighted by Gasteiger charge is -2.30. The first-order valence-corrected chi connectivity index (χ1v) is 7.70. The standard InChI is InChI=1S/C17H28N2O/c1-13(2)17-12-19(14(3)8-9-18-17)11-15-6-5-7-16(10-15)20-4/h5-7,10,13-14,17-18H,8-9,11-12H2,1-4H3. The minimum atomic E-state index is 0.588. The molecule has 2 rings (SSSR count). The highest BCUT2D eigenvalue weighted by molar-refractivity contribution is 5.28. The third-order valence-corrected chi connectivity index (χ3v) is 4.35. The zero-order valence-corrected chi connectivity index (χ0v) is 13.2. The van der Waals surface area contributed by atoms with Crippen LogP contribution in [0.5, 0.6) is 5.75 Å². The molecule has 1 fully saturated rings. The average molecular weight is 276 g/mol. The van der Waals surface area contributed by atoms with E-state index in [-0.39, 0.29) is 0 Å². The van der Waals surface area contributed by atoms with Gasteiger partial charge in [-0.15, -0.1) is 0 Å². The molecular weight excluding hydrogens is 248 g/mol. The number of rotatable bonds is 4. The Kier molecular flexibility index (Phi) is 5.44. The van der Waals surface area contributed by atoms with Crippen molar-refractivity contribution in [2.24, 2.45) is 5.92 Å². The second-order valence-corrected chi connectivity index (χ2v) is 6.22. The van der Waals surface area contributed by atoms with Crippen LogP contribution in [0, 0.1) is 5.92 Å². The summed E-state index contributed by atoms with van der Waals surface area (Å²) >= 11 is 0. The van der Waals surface area contributed by atoms with Gasteiger partial charge < -0.3 is 10.1 Å². The SMILES string of the molecule is COc1cccc(CN2CC(C(C)C)NCCC2C)c1. The van der Waals surface area contributed by atoms with E-state index in [2.05, 4.69) is 49.2 Å². The highest BCUT2D eigenvalue weighted by Gasteiger charge is 2.24. The highest BCUT2D eigenvalue weighted by atomic mass is 16.5. The van der Waals surface area contributed by atoms with Gasteiger partial charge in [-0.3, -0.25) is 4.90 Å². The number of nitrogens with zero attached hydrogens (tertiary/aromatic N) is 1. The Morgan fingerprint density at radius 1 is 1.40 bits per heavy atom. The molecule has 1 aromatic carbocycles. The van der Waals surface area contributed by atoms with Crippen LogP contribution < -0.4 is 10.1 Å². The average Bonchev–Trinajstić information content (AvgIpc) is 2.62. The summed E-state index contributed by atoms with van der Waals surface area (Å²) in [6, 6.07) is 9.64. The van der Waals surface area contributed by atoms with Gasteiger partial charge in [-0.2, -0.15) is 0 Å². The van der Waals surface area contributed by atoms with Crippen LogP contribution >= 0.6 is 0 Å². The molecule has 20 heavy (non-hydrogen) atoms. The molecule has 0 aromatic heterocycles. The summed E-state index contributed by atoms with van der Waals surface area (Å²) in [5.41, 5.74) is 1.33. The normalized spacial score (nSPS) is 24.6. The second-order valence-electron chi connectivity index (χ2n) is 6.22. The van der Waals surface area contributed by atoms with Crippen molar-refractivity contribution >= 4 is 0 Å². The van der Waals surface area contributed by atoms with E-state index in [4.69, 9.17) is 4.74 Å². The monoisotopic (exact) mass is 276 g/mol. The Balaban J connectivity index is 2.07. The van der Waals surface area contributed by atoms with Gasteiger partial charge in [0.2, 0.25) is 0 Å². The summed E-state index contributed by atoms with van der Waals surface area (Å²) < 4.78 is 5.32. The summed E-state index contributed by atoms with van der Waals surface area (Å²) in [5, 5.41) is 3.68. The van der Waals surface area contributed by atoms with Crippen molar-refractivity contribution in [1.29, 1.82) is 0 Å². The molecule has 2 unspecified atom stereocenters. The topological polar surface area (TPSA) is 24.5 Å². The van der Waals surface area contributed by atoms with E-state index in [9.17, 15) is 0 Å². The van der Waals surface area contributed by atoms with Crippen LogP contribution in [-0.4, -0.2) is 37.2 Å². The van der Waals surface area contributed by atoms with Gasteiger partial charge in [-0.05, 0) is 43.5 Å². The molecule has 1 heterocycles.